The highest BCUT2D eigenvalue weighted by Gasteiger charge is 2.18. The Balaban J connectivity index is 1.78. The molecule has 25 heavy (non-hydrogen) atoms. The van der Waals surface area contributed by atoms with Gasteiger partial charge in [0.2, 0.25) is 0 Å². The highest BCUT2D eigenvalue weighted by Crippen LogP contribution is 2.21. The maximum atomic E-state index is 3.74. The number of benzene rings is 3. The molecule has 2 N–H and O–H groups in total. The molecule has 0 amide bonds. The van der Waals surface area contributed by atoms with Gasteiger partial charge >= 0.3 is 0 Å². The summed E-state index contributed by atoms with van der Waals surface area (Å²) in [6.07, 6.45) is 0.0756. The van der Waals surface area contributed by atoms with Crippen LogP contribution >= 0.6 is 0 Å². The Labute approximate surface area is 150 Å². The van der Waals surface area contributed by atoms with Gasteiger partial charge in [0.15, 0.2) is 0 Å². The minimum Gasteiger partial charge on any atom is -0.291 e. The summed E-state index contributed by atoms with van der Waals surface area (Å²) < 4.78 is 0. The van der Waals surface area contributed by atoms with E-state index in [1.165, 1.54) is 16.7 Å². The van der Waals surface area contributed by atoms with Gasteiger partial charge in [0.25, 0.3) is 0 Å². The van der Waals surface area contributed by atoms with Crippen LogP contribution in [0.2, 0.25) is 0 Å². The molecule has 2 nitrogen and oxygen atoms in total. The van der Waals surface area contributed by atoms with Crippen LogP contribution in [0.5, 0.6) is 0 Å². The quantitative estimate of drug-likeness (QED) is 0.568. The van der Waals surface area contributed by atoms with Crippen molar-refractivity contribution in [3.63, 3.8) is 0 Å². The predicted octanol–water partition coefficient (Wildman–Crippen LogP) is 5.39. The van der Waals surface area contributed by atoms with Crippen molar-refractivity contribution in [2.75, 3.05) is 0 Å². The number of rotatable bonds is 7. The van der Waals surface area contributed by atoms with E-state index in [1.807, 2.05) is 0 Å². The van der Waals surface area contributed by atoms with Gasteiger partial charge in [0.05, 0.1) is 6.17 Å². The Morgan fingerprint density at radius 2 is 0.800 bits per heavy atom. The molecule has 0 aromatic heterocycles. The van der Waals surface area contributed by atoms with Crippen molar-refractivity contribution in [2.24, 2.45) is 0 Å². The van der Waals surface area contributed by atoms with Crippen LogP contribution in [-0.2, 0) is 0 Å². The molecule has 2 unspecified atom stereocenters. The van der Waals surface area contributed by atoms with E-state index in [4.69, 9.17) is 0 Å². The van der Waals surface area contributed by atoms with Gasteiger partial charge in [-0.15, -0.1) is 0 Å². The second kappa shape index (κ2) is 8.61. The second-order valence-corrected chi connectivity index (χ2v) is 6.44. The van der Waals surface area contributed by atoms with Gasteiger partial charge in [0, 0.05) is 12.1 Å². The Morgan fingerprint density at radius 1 is 0.480 bits per heavy atom. The number of hydrogen-bond donors (Lipinski definition) is 2. The van der Waals surface area contributed by atoms with E-state index in [-0.39, 0.29) is 18.2 Å². The fourth-order valence-electron chi connectivity index (χ4n) is 3.06. The summed E-state index contributed by atoms with van der Waals surface area (Å²) >= 11 is 0. The molecule has 0 aliphatic rings. The van der Waals surface area contributed by atoms with Crippen LogP contribution in [0.4, 0.5) is 0 Å². The van der Waals surface area contributed by atoms with Gasteiger partial charge in [-0.25, -0.2) is 0 Å². The topological polar surface area (TPSA) is 24.1 Å². The monoisotopic (exact) mass is 330 g/mol. The maximum Gasteiger partial charge on any atom is 0.0844 e. The van der Waals surface area contributed by atoms with Crippen LogP contribution in [0.3, 0.4) is 0 Å². The van der Waals surface area contributed by atoms with Crippen LogP contribution in [0.1, 0.15) is 48.8 Å². The zero-order chi connectivity index (χ0) is 17.5. The lowest BCUT2D eigenvalue weighted by atomic mass is 10.0. The molecule has 0 radical (unpaired) electrons. The molecule has 0 bridgehead atoms. The minimum absolute atomic E-state index is 0.0756. The smallest absolute Gasteiger partial charge is 0.0844 e. The van der Waals surface area contributed by atoms with E-state index in [0.717, 1.165) is 0 Å². The van der Waals surface area contributed by atoms with Crippen LogP contribution in [0.25, 0.3) is 0 Å². The third-order valence-corrected chi connectivity index (χ3v) is 4.57. The van der Waals surface area contributed by atoms with E-state index in [9.17, 15) is 0 Å². The summed E-state index contributed by atoms with van der Waals surface area (Å²) in [5.74, 6) is 0. The predicted molar refractivity (Wildman–Crippen MR) is 105 cm³/mol. The largest absolute Gasteiger partial charge is 0.291 e. The average Bonchev–Trinajstić information content (AvgIpc) is 2.69. The van der Waals surface area contributed by atoms with Crippen molar-refractivity contribution in [2.45, 2.75) is 32.1 Å². The molecule has 0 heterocycles. The lowest BCUT2D eigenvalue weighted by molar-refractivity contribution is 0.363. The molecule has 3 aromatic carbocycles. The van der Waals surface area contributed by atoms with Crippen LogP contribution in [0, 0.1) is 0 Å². The summed E-state index contributed by atoms with van der Waals surface area (Å²) in [4.78, 5) is 0. The highest BCUT2D eigenvalue weighted by atomic mass is 15.1. The summed E-state index contributed by atoms with van der Waals surface area (Å²) in [5, 5.41) is 7.48. The molecule has 3 aromatic rings. The first-order chi connectivity index (χ1) is 12.2. The van der Waals surface area contributed by atoms with Crippen molar-refractivity contribution in [1.82, 2.24) is 10.6 Å². The van der Waals surface area contributed by atoms with Gasteiger partial charge in [-0.3, -0.25) is 10.6 Å². The number of nitrogens with one attached hydrogen (secondary N) is 2. The molecule has 2 atom stereocenters. The van der Waals surface area contributed by atoms with Crippen molar-refractivity contribution < 1.29 is 0 Å². The normalized spacial score (nSPS) is 14.6. The van der Waals surface area contributed by atoms with Crippen LogP contribution in [-0.4, -0.2) is 0 Å². The lowest BCUT2D eigenvalue weighted by Crippen LogP contribution is -2.37. The van der Waals surface area contributed by atoms with Crippen molar-refractivity contribution in [3.05, 3.63) is 108 Å². The standard InChI is InChI=1S/C23H26N2/c1-18(20-12-6-3-7-13-20)24-23(22-16-10-5-11-17-22)25-19(2)21-14-8-4-9-15-21/h3-19,23-25H,1-2H3. The van der Waals surface area contributed by atoms with Gasteiger partial charge in [0.1, 0.15) is 0 Å². The summed E-state index contributed by atoms with van der Waals surface area (Å²) in [5.41, 5.74) is 3.82. The molecule has 0 fully saturated rings. The summed E-state index contributed by atoms with van der Waals surface area (Å²) in [7, 11) is 0. The number of hydrogen-bond acceptors (Lipinski definition) is 2. The molecular weight excluding hydrogens is 304 g/mol. The van der Waals surface area contributed by atoms with Gasteiger partial charge in [-0.1, -0.05) is 91.0 Å². The lowest BCUT2D eigenvalue weighted by Gasteiger charge is -2.28. The summed E-state index contributed by atoms with van der Waals surface area (Å²) in [6, 6.07) is 32.2. The third-order valence-electron chi connectivity index (χ3n) is 4.57. The van der Waals surface area contributed by atoms with Crippen molar-refractivity contribution in [3.8, 4) is 0 Å². The van der Waals surface area contributed by atoms with E-state index < -0.39 is 0 Å². The maximum absolute atomic E-state index is 3.74. The first kappa shape index (κ1) is 17.4. The zero-order valence-corrected chi connectivity index (χ0v) is 14.9. The zero-order valence-electron chi connectivity index (χ0n) is 14.9. The van der Waals surface area contributed by atoms with E-state index >= 15 is 0 Å². The molecule has 2 heteroatoms. The van der Waals surface area contributed by atoms with E-state index in [1.54, 1.807) is 0 Å². The Morgan fingerprint density at radius 3 is 1.16 bits per heavy atom. The second-order valence-electron chi connectivity index (χ2n) is 6.44. The first-order valence-corrected chi connectivity index (χ1v) is 8.91. The fourth-order valence-corrected chi connectivity index (χ4v) is 3.06. The average molecular weight is 330 g/mol. The first-order valence-electron chi connectivity index (χ1n) is 8.91. The summed E-state index contributed by atoms with van der Waals surface area (Å²) in [6.45, 7) is 4.42. The molecular formula is C23H26N2. The fraction of sp³-hybridized carbons (Fsp3) is 0.217. The minimum atomic E-state index is 0.0756. The van der Waals surface area contributed by atoms with E-state index in [0.29, 0.717) is 0 Å². The third kappa shape index (κ3) is 4.79. The molecule has 128 valence electrons. The van der Waals surface area contributed by atoms with Gasteiger partial charge in [-0.2, -0.15) is 0 Å². The molecule has 0 aliphatic carbocycles. The highest BCUT2D eigenvalue weighted by molar-refractivity contribution is 5.23. The molecule has 0 saturated heterocycles. The van der Waals surface area contributed by atoms with Gasteiger partial charge < -0.3 is 0 Å². The molecule has 0 aliphatic heterocycles. The molecule has 3 rings (SSSR count). The Bertz CT molecular complexity index is 693. The Kier molecular flexibility index (Phi) is 5.99. The van der Waals surface area contributed by atoms with Crippen molar-refractivity contribution >= 4 is 0 Å². The SMILES string of the molecule is CC(NC(NC(C)c1ccccc1)c1ccccc1)c1ccccc1. The molecule has 0 saturated carbocycles. The van der Waals surface area contributed by atoms with Crippen molar-refractivity contribution in [1.29, 1.82) is 0 Å². The Hall–Kier alpha value is -2.42. The van der Waals surface area contributed by atoms with E-state index in [2.05, 4.69) is 115 Å². The molecule has 0 spiro atoms. The van der Waals surface area contributed by atoms with Crippen LogP contribution < -0.4 is 10.6 Å². The van der Waals surface area contributed by atoms with Crippen LogP contribution in [0.15, 0.2) is 91.0 Å². The van der Waals surface area contributed by atoms with Gasteiger partial charge in [-0.05, 0) is 30.5 Å².